The monoisotopic (exact) mass is 403 g/mol. The Morgan fingerprint density at radius 3 is 2.47 bits per heavy atom. The van der Waals surface area contributed by atoms with Gasteiger partial charge in [-0.05, 0) is 41.5 Å². The van der Waals surface area contributed by atoms with Crippen LogP contribution in [0.15, 0.2) is 79.1 Å². The van der Waals surface area contributed by atoms with Gasteiger partial charge in [0.1, 0.15) is 5.82 Å². The average molecular weight is 403 g/mol. The van der Waals surface area contributed by atoms with E-state index in [9.17, 15) is 14.0 Å². The maximum atomic E-state index is 13.2. The van der Waals surface area contributed by atoms with Gasteiger partial charge < -0.3 is 10.2 Å². The Labute approximate surface area is 174 Å². The van der Waals surface area contributed by atoms with Crippen LogP contribution >= 0.6 is 0 Å². The molecule has 5 nitrogen and oxygen atoms in total. The summed E-state index contributed by atoms with van der Waals surface area (Å²) in [6, 6.07) is 19.0. The molecule has 0 aliphatic carbocycles. The summed E-state index contributed by atoms with van der Waals surface area (Å²) < 4.78 is 13.2. The van der Waals surface area contributed by atoms with E-state index in [1.807, 2.05) is 42.5 Å². The summed E-state index contributed by atoms with van der Waals surface area (Å²) in [5.41, 5.74) is 2.35. The zero-order valence-corrected chi connectivity index (χ0v) is 16.4. The molecular weight excluding hydrogens is 381 g/mol. The smallest absolute Gasteiger partial charge is 0.253 e. The number of benzene rings is 2. The fraction of sp³-hybridized carbons (Fsp3) is 0.208. The second-order valence-corrected chi connectivity index (χ2v) is 7.42. The summed E-state index contributed by atoms with van der Waals surface area (Å²) >= 11 is 0. The minimum Gasteiger partial charge on any atom is -0.352 e. The zero-order valence-electron chi connectivity index (χ0n) is 16.4. The van der Waals surface area contributed by atoms with Crippen LogP contribution < -0.4 is 5.32 Å². The summed E-state index contributed by atoms with van der Waals surface area (Å²) in [5.74, 6) is -1.15. The molecule has 30 heavy (non-hydrogen) atoms. The number of nitrogens with one attached hydrogen (secondary N) is 1. The molecule has 6 heteroatoms. The minimum absolute atomic E-state index is 0.0953. The van der Waals surface area contributed by atoms with Crippen LogP contribution in [0, 0.1) is 11.7 Å². The maximum Gasteiger partial charge on any atom is 0.253 e. The molecule has 4 rings (SSSR count). The SMILES string of the molecule is O=C(NCc1cccnc1)C1CN(C(=O)c2ccc(F)cc2)CC1c1ccccc1. The highest BCUT2D eigenvalue weighted by Crippen LogP contribution is 2.33. The second kappa shape index (κ2) is 8.86. The number of nitrogens with zero attached hydrogens (tertiary/aromatic N) is 2. The zero-order chi connectivity index (χ0) is 20.9. The van der Waals surface area contributed by atoms with Gasteiger partial charge in [-0.1, -0.05) is 36.4 Å². The summed E-state index contributed by atoms with van der Waals surface area (Å²) in [6.45, 7) is 1.14. The highest BCUT2D eigenvalue weighted by Gasteiger charge is 2.40. The van der Waals surface area contributed by atoms with E-state index in [0.29, 0.717) is 25.2 Å². The van der Waals surface area contributed by atoms with Crippen molar-refractivity contribution in [2.24, 2.45) is 5.92 Å². The first-order valence-corrected chi connectivity index (χ1v) is 9.88. The third kappa shape index (κ3) is 4.38. The molecule has 0 radical (unpaired) electrons. The largest absolute Gasteiger partial charge is 0.352 e. The van der Waals surface area contributed by atoms with Crippen molar-refractivity contribution in [2.75, 3.05) is 13.1 Å². The number of amides is 2. The van der Waals surface area contributed by atoms with E-state index in [2.05, 4.69) is 10.3 Å². The van der Waals surface area contributed by atoms with Gasteiger partial charge >= 0.3 is 0 Å². The molecule has 152 valence electrons. The fourth-order valence-electron chi connectivity index (χ4n) is 3.87. The van der Waals surface area contributed by atoms with Gasteiger partial charge in [0.2, 0.25) is 5.91 Å². The van der Waals surface area contributed by atoms with E-state index in [0.717, 1.165) is 11.1 Å². The van der Waals surface area contributed by atoms with Crippen LogP contribution in [-0.2, 0) is 11.3 Å². The molecule has 2 aromatic carbocycles. The van der Waals surface area contributed by atoms with Crippen molar-refractivity contribution in [1.82, 2.24) is 15.2 Å². The molecular formula is C24H22FN3O2. The Morgan fingerprint density at radius 2 is 1.77 bits per heavy atom. The number of hydrogen-bond donors (Lipinski definition) is 1. The normalized spacial score (nSPS) is 18.2. The molecule has 2 amide bonds. The third-order valence-corrected chi connectivity index (χ3v) is 5.45. The van der Waals surface area contributed by atoms with Gasteiger partial charge in [-0.15, -0.1) is 0 Å². The molecule has 1 saturated heterocycles. The number of likely N-dealkylation sites (tertiary alicyclic amines) is 1. The van der Waals surface area contributed by atoms with E-state index in [4.69, 9.17) is 0 Å². The summed E-state index contributed by atoms with van der Waals surface area (Å²) in [6.07, 6.45) is 3.40. The average Bonchev–Trinajstić information content (AvgIpc) is 3.24. The standard InChI is InChI=1S/C24H22FN3O2/c25-20-10-8-19(9-11-20)24(30)28-15-21(18-6-2-1-3-7-18)22(16-28)23(29)27-14-17-5-4-12-26-13-17/h1-13,21-22H,14-16H2,(H,27,29). The van der Waals surface area contributed by atoms with Gasteiger partial charge in [0.15, 0.2) is 0 Å². The van der Waals surface area contributed by atoms with Gasteiger partial charge in [0.25, 0.3) is 5.91 Å². The first-order valence-electron chi connectivity index (χ1n) is 9.88. The Kier molecular flexibility index (Phi) is 5.84. The van der Waals surface area contributed by atoms with Crippen molar-refractivity contribution >= 4 is 11.8 Å². The van der Waals surface area contributed by atoms with Crippen LogP contribution in [0.5, 0.6) is 0 Å². The number of carbonyl (C=O) groups excluding carboxylic acids is 2. The summed E-state index contributed by atoms with van der Waals surface area (Å²) in [5, 5.41) is 2.98. The van der Waals surface area contributed by atoms with Gasteiger partial charge in [-0.3, -0.25) is 14.6 Å². The lowest BCUT2D eigenvalue weighted by Crippen LogP contribution is -2.35. The summed E-state index contributed by atoms with van der Waals surface area (Å²) in [4.78, 5) is 31.7. The van der Waals surface area contributed by atoms with Gasteiger partial charge in [-0.25, -0.2) is 4.39 Å². The lowest BCUT2D eigenvalue weighted by atomic mass is 9.88. The van der Waals surface area contributed by atoms with Gasteiger partial charge in [0, 0.05) is 43.5 Å². The van der Waals surface area contributed by atoms with Crippen molar-refractivity contribution < 1.29 is 14.0 Å². The van der Waals surface area contributed by atoms with Crippen LogP contribution in [0.4, 0.5) is 4.39 Å². The van der Waals surface area contributed by atoms with Crippen LogP contribution in [0.3, 0.4) is 0 Å². The third-order valence-electron chi connectivity index (χ3n) is 5.45. The molecule has 1 N–H and O–H groups in total. The quantitative estimate of drug-likeness (QED) is 0.710. The number of halogens is 1. The van der Waals surface area contributed by atoms with Crippen LogP contribution in [-0.4, -0.2) is 34.8 Å². The number of rotatable bonds is 5. The molecule has 2 heterocycles. The molecule has 3 aromatic rings. The second-order valence-electron chi connectivity index (χ2n) is 7.42. The Balaban J connectivity index is 1.52. The highest BCUT2D eigenvalue weighted by molar-refractivity contribution is 5.95. The topological polar surface area (TPSA) is 62.3 Å². The van der Waals surface area contributed by atoms with E-state index in [-0.39, 0.29) is 29.5 Å². The van der Waals surface area contributed by atoms with Crippen molar-refractivity contribution in [3.63, 3.8) is 0 Å². The first kappa shape index (κ1) is 19.8. The predicted octanol–water partition coefficient (Wildman–Crippen LogP) is 3.39. The van der Waals surface area contributed by atoms with Crippen molar-refractivity contribution in [2.45, 2.75) is 12.5 Å². The Morgan fingerprint density at radius 1 is 1.00 bits per heavy atom. The molecule has 2 atom stereocenters. The van der Waals surface area contributed by atoms with E-state index in [1.54, 1.807) is 17.3 Å². The van der Waals surface area contributed by atoms with E-state index in [1.165, 1.54) is 24.3 Å². The lowest BCUT2D eigenvalue weighted by Gasteiger charge is -2.18. The van der Waals surface area contributed by atoms with Crippen LogP contribution in [0.2, 0.25) is 0 Å². The van der Waals surface area contributed by atoms with Crippen LogP contribution in [0.25, 0.3) is 0 Å². The molecule has 0 spiro atoms. The van der Waals surface area contributed by atoms with Gasteiger partial charge in [0.05, 0.1) is 5.92 Å². The molecule has 0 saturated carbocycles. The predicted molar refractivity (Wildman–Crippen MR) is 111 cm³/mol. The molecule has 1 aromatic heterocycles. The minimum atomic E-state index is -0.386. The molecule has 1 aliphatic rings. The fourth-order valence-corrected chi connectivity index (χ4v) is 3.87. The molecule has 1 aliphatic heterocycles. The number of aromatic nitrogens is 1. The Hall–Kier alpha value is -3.54. The number of pyridine rings is 1. The molecule has 0 bridgehead atoms. The highest BCUT2D eigenvalue weighted by atomic mass is 19.1. The number of hydrogen-bond acceptors (Lipinski definition) is 3. The van der Waals surface area contributed by atoms with E-state index < -0.39 is 0 Å². The van der Waals surface area contributed by atoms with Crippen molar-refractivity contribution in [3.8, 4) is 0 Å². The van der Waals surface area contributed by atoms with Crippen molar-refractivity contribution in [3.05, 3.63) is 102 Å². The molecule has 2 unspecified atom stereocenters. The lowest BCUT2D eigenvalue weighted by molar-refractivity contribution is -0.125. The maximum absolute atomic E-state index is 13.2. The number of carbonyl (C=O) groups is 2. The molecule has 1 fully saturated rings. The first-order chi connectivity index (χ1) is 14.6. The summed E-state index contributed by atoms with van der Waals surface area (Å²) in [7, 11) is 0. The van der Waals surface area contributed by atoms with Crippen LogP contribution in [0.1, 0.15) is 27.4 Å². The van der Waals surface area contributed by atoms with Gasteiger partial charge in [-0.2, -0.15) is 0 Å². The van der Waals surface area contributed by atoms with E-state index >= 15 is 0 Å². The Bertz CT molecular complexity index is 1010. The van der Waals surface area contributed by atoms with Crippen molar-refractivity contribution in [1.29, 1.82) is 0 Å².